The molecule has 1 atom stereocenters. The number of ether oxygens (including phenoxy) is 1. The Balaban J connectivity index is 1.79. The molecule has 0 bridgehead atoms. The van der Waals surface area contributed by atoms with E-state index in [0.717, 1.165) is 31.7 Å². The van der Waals surface area contributed by atoms with Crippen molar-refractivity contribution in [1.82, 2.24) is 20.4 Å². The molecule has 1 aliphatic heterocycles. The molecule has 0 aliphatic carbocycles. The van der Waals surface area contributed by atoms with Crippen molar-refractivity contribution in [2.45, 2.75) is 52.1 Å². The van der Waals surface area contributed by atoms with Gasteiger partial charge in [-0.1, -0.05) is 19.0 Å². The number of pyridine rings is 1. The molecule has 7 heteroatoms. The van der Waals surface area contributed by atoms with Crippen molar-refractivity contribution in [1.29, 1.82) is 0 Å². The summed E-state index contributed by atoms with van der Waals surface area (Å²) in [6.45, 7) is 7.91. The number of nitrogens with one attached hydrogen (secondary N) is 1. The number of aromatic hydroxyl groups is 1. The van der Waals surface area contributed by atoms with Gasteiger partial charge in [0.2, 0.25) is 5.89 Å². The van der Waals surface area contributed by atoms with Crippen LogP contribution in [0.2, 0.25) is 0 Å². The summed E-state index contributed by atoms with van der Waals surface area (Å²) in [5.41, 5.74) is 1.50. The highest BCUT2D eigenvalue weighted by Crippen LogP contribution is 2.30. The number of aryl methyl sites for hydroxylation is 1. The van der Waals surface area contributed by atoms with E-state index in [0.29, 0.717) is 29.9 Å². The maximum absolute atomic E-state index is 10.0. The smallest absolute Gasteiger partial charge is 0.244 e. The monoisotopic (exact) mass is 346 g/mol. The maximum Gasteiger partial charge on any atom is 0.244 e. The maximum atomic E-state index is 10.0. The molecule has 3 rings (SSSR count). The predicted octanol–water partition coefficient (Wildman–Crippen LogP) is 2.86. The standard InChI is InChI=1S/C18H26N4O3/c1-11(2)17-21-18(25-22-17)16(13-6-8-24-9-7-13)19-10-14-15(23)5-4-12(3)20-14/h4-5,11,13,16,19,23H,6-10H2,1-3H3/t16-/m0/s1. The Morgan fingerprint density at radius 1 is 1.24 bits per heavy atom. The van der Waals surface area contributed by atoms with Gasteiger partial charge in [-0.2, -0.15) is 4.98 Å². The summed E-state index contributed by atoms with van der Waals surface area (Å²) in [4.78, 5) is 8.99. The quantitative estimate of drug-likeness (QED) is 0.830. The summed E-state index contributed by atoms with van der Waals surface area (Å²) in [6, 6.07) is 3.39. The zero-order valence-corrected chi connectivity index (χ0v) is 15.0. The van der Waals surface area contributed by atoms with Gasteiger partial charge in [0.25, 0.3) is 0 Å². The van der Waals surface area contributed by atoms with E-state index < -0.39 is 0 Å². The summed E-state index contributed by atoms with van der Waals surface area (Å²) < 4.78 is 11.0. The van der Waals surface area contributed by atoms with Crippen LogP contribution in [-0.2, 0) is 11.3 Å². The first-order chi connectivity index (χ1) is 12.0. The first kappa shape index (κ1) is 17.8. The average molecular weight is 346 g/mol. The van der Waals surface area contributed by atoms with Crippen LogP contribution in [-0.4, -0.2) is 33.4 Å². The molecule has 0 spiro atoms. The van der Waals surface area contributed by atoms with E-state index >= 15 is 0 Å². The Kier molecular flexibility index (Phi) is 5.65. The lowest BCUT2D eigenvalue weighted by molar-refractivity contribution is 0.0484. The Hall–Kier alpha value is -1.99. The molecule has 0 radical (unpaired) electrons. The molecule has 3 heterocycles. The van der Waals surface area contributed by atoms with Gasteiger partial charge in [-0.15, -0.1) is 0 Å². The van der Waals surface area contributed by atoms with Crippen LogP contribution in [0.5, 0.6) is 5.75 Å². The molecule has 1 fully saturated rings. The van der Waals surface area contributed by atoms with Crippen LogP contribution in [0.1, 0.15) is 61.8 Å². The van der Waals surface area contributed by atoms with Crippen LogP contribution in [0.4, 0.5) is 0 Å². The Bertz CT molecular complexity index is 695. The SMILES string of the molecule is Cc1ccc(O)c(CN[C@H](c2nc(C(C)C)no2)C2CCOCC2)n1. The predicted molar refractivity (Wildman–Crippen MR) is 92.1 cm³/mol. The van der Waals surface area contributed by atoms with Crippen molar-refractivity contribution in [2.24, 2.45) is 5.92 Å². The molecule has 136 valence electrons. The van der Waals surface area contributed by atoms with Crippen LogP contribution < -0.4 is 5.32 Å². The number of hydrogen-bond acceptors (Lipinski definition) is 7. The Morgan fingerprint density at radius 3 is 2.68 bits per heavy atom. The fourth-order valence-electron chi connectivity index (χ4n) is 3.05. The summed E-state index contributed by atoms with van der Waals surface area (Å²) in [6.07, 6.45) is 1.87. The lowest BCUT2D eigenvalue weighted by Crippen LogP contribution is -2.32. The molecule has 0 saturated carbocycles. The minimum absolute atomic E-state index is 0.0781. The summed E-state index contributed by atoms with van der Waals surface area (Å²) in [5.74, 6) is 2.07. The van der Waals surface area contributed by atoms with Crippen molar-refractivity contribution in [3.8, 4) is 5.75 Å². The van der Waals surface area contributed by atoms with Gasteiger partial charge >= 0.3 is 0 Å². The lowest BCUT2D eigenvalue weighted by Gasteiger charge is -2.28. The van der Waals surface area contributed by atoms with Crippen molar-refractivity contribution in [2.75, 3.05) is 13.2 Å². The van der Waals surface area contributed by atoms with E-state index in [2.05, 4.69) is 20.4 Å². The largest absolute Gasteiger partial charge is 0.506 e. The van der Waals surface area contributed by atoms with Gasteiger partial charge in [0.15, 0.2) is 5.82 Å². The number of hydrogen-bond donors (Lipinski definition) is 2. The van der Waals surface area contributed by atoms with Crippen LogP contribution in [0.3, 0.4) is 0 Å². The molecular formula is C18H26N4O3. The summed E-state index contributed by atoms with van der Waals surface area (Å²) in [7, 11) is 0. The van der Waals surface area contributed by atoms with Crippen molar-refractivity contribution < 1.29 is 14.4 Å². The highest BCUT2D eigenvalue weighted by atomic mass is 16.5. The fourth-order valence-corrected chi connectivity index (χ4v) is 3.05. The molecule has 2 aromatic rings. The second-order valence-corrected chi connectivity index (χ2v) is 6.87. The van der Waals surface area contributed by atoms with E-state index in [1.54, 1.807) is 12.1 Å². The van der Waals surface area contributed by atoms with E-state index in [9.17, 15) is 5.11 Å². The van der Waals surface area contributed by atoms with E-state index in [1.807, 2.05) is 20.8 Å². The molecule has 1 aliphatic rings. The fraction of sp³-hybridized carbons (Fsp3) is 0.611. The molecule has 2 N–H and O–H groups in total. The van der Waals surface area contributed by atoms with Gasteiger partial charge in [0, 0.05) is 31.4 Å². The Labute approximate surface area is 147 Å². The zero-order chi connectivity index (χ0) is 17.8. The molecule has 0 amide bonds. The third-order valence-corrected chi connectivity index (χ3v) is 4.56. The highest BCUT2D eigenvalue weighted by molar-refractivity contribution is 5.27. The number of aromatic nitrogens is 3. The third kappa shape index (κ3) is 4.35. The first-order valence-corrected chi connectivity index (χ1v) is 8.84. The van der Waals surface area contributed by atoms with Crippen LogP contribution in [0.25, 0.3) is 0 Å². The Morgan fingerprint density at radius 2 is 2.00 bits per heavy atom. The van der Waals surface area contributed by atoms with Crippen LogP contribution >= 0.6 is 0 Å². The second kappa shape index (κ2) is 7.93. The normalized spacial score (nSPS) is 17.1. The van der Waals surface area contributed by atoms with Gasteiger partial charge in [0.1, 0.15) is 5.75 Å². The highest BCUT2D eigenvalue weighted by Gasteiger charge is 2.30. The van der Waals surface area contributed by atoms with Crippen molar-refractivity contribution in [3.63, 3.8) is 0 Å². The first-order valence-electron chi connectivity index (χ1n) is 8.84. The van der Waals surface area contributed by atoms with Gasteiger partial charge in [-0.25, -0.2) is 0 Å². The number of rotatable bonds is 6. The van der Waals surface area contributed by atoms with Crippen molar-refractivity contribution >= 4 is 0 Å². The average Bonchev–Trinajstić information content (AvgIpc) is 3.09. The van der Waals surface area contributed by atoms with Crippen LogP contribution in [0.15, 0.2) is 16.7 Å². The van der Waals surface area contributed by atoms with Gasteiger partial charge < -0.3 is 14.4 Å². The van der Waals surface area contributed by atoms with Crippen molar-refractivity contribution in [3.05, 3.63) is 35.2 Å². The second-order valence-electron chi connectivity index (χ2n) is 6.87. The van der Waals surface area contributed by atoms with E-state index in [4.69, 9.17) is 9.26 Å². The molecular weight excluding hydrogens is 320 g/mol. The van der Waals surface area contributed by atoms with E-state index in [-0.39, 0.29) is 17.7 Å². The minimum Gasteiger partial charge on any atom is -0.506 e. The third-order valence-electron chi connectivity index (χ3n) is 4.56. The molecule has 2 aromatic heterocycles. The molecule has 7 nitrogen and oxygen atoms in total. The topological polar surface area (TPSA) is 93.3 Å². The van der Waals surface area contributed by atoms with Gasteiger partial charge in [-0.05, 0) is 37.8 Å². The van der Waals surface area contributed by atoms with E-state index in [1.165, 1.54) is 0 Å². The molecule has 0 aromatic carbocycles. The molecule has 25 heavy (non-hydrogen) atoms. The van der Waals surface area contributed by atoms with Crippen LogP contribution in [0, 0.1) is 12.8 Å². The minimum atomic E-state index is -0.0781. The number of nitrogens with zero attached hydrogens (tertiary/aromatic N) is 3. The summed E-state index contributed by atoms with van der Waals surface area (Å²) >= 11 is 0. The lowest BCUT2D eigenvalue weighted by atomic mass is 9.91. The van der Waals surface area contributed by atoms with Gasteiger partial charge in [0.05, 0.1) is 11.7 Å². The molecule has 0 unspecified atom stereocenters. The zero-order valence-electron chi connectivity index (χ0n) is 15.0. The van der Waals surface area contributed by atoms with Gasteiger partial charge in [-0.3, -0.25) is 10.3 Å². The molecule has 1 saturated heterocycles. The summed E-state index contributed by atoms with van der Waals surface area (Å²) in [5, 5.41) is 17.6.